The molecule has 0 radical (unpaired) electrons. The molecular weight excluding hydrogens is 348 g/mol. The number of aryl methyl sites for hydroxylation is 2. The van der Waals surface area contributed by atoms with Gasteiger partial charge in [0.2, 0.25) is 0 Å². The minimum Gasteiger partial charge on any atom is -0.337 e. The van der Waals surface area contributed by atoms with Crippen LogP contribution in [-0.2, 0) is 18.7 Å². The van der Waals surface area contributed by atoms with Crippen molar-refractivity contribution in [1.29, 1.82) is 0 Å². The summed E-state index contributed by atoms with van der Waals surface area (Å²) in [7, 11) is 0. The van der Waals surface area contributed by atoms with E-state index < -0.39 is 0 Å². The molecule has 1 heterocycles. The zero-order valence-corrected chi connectivity index (χ0v) is 16.0. The summed E-state index contributed by atoms with van der Waals surface area (Å²) in [5.41, 5.74) is 4.04. The molecule has 0 spiro atoms. The van der Waals surface area contributed by atoms with Gasteiger partial charge in [-0.2, -0.15) is 11.8 Å². The second-order valence-electron chi connectivity index (χ2n) is 6.34. The van der Waals surface area contributed by atoms with Crippen LogP contribution in [0.2, 0.25) is 5.02 Å². The number of aromatic nitrogens is 2. The van der Waals surface area contributed by atoms with E-state index in [4.69, 9.17) is 11.6 Å². The summed E-state index contributed by atoms with van der Waals surface area (Å²) in [4.78, 5) is 4.14. The zero-order valence-electron chi connectivity index (χ0n) is 14.4. The van der Waals surface area contributed by atoms with E-state index in [2.05, 4.69) is 52.9 Å². The number of thioether (sulfide) groups is 1. The van der Waals surface area contributed by atoms with Gasteiger partial charge in [-0.05, 0) is 43.0 Å². The van der Waals surface area contributed by atoms with Gasteiger partial charge in [0.1, 0.15) is 0 Å². The molecule has 0 aliphatic heterocycles. The number of rotatable bonds is 8. The molecule has 0 bridgehead atoms. The van der Waals surface area contributed by atoms with Gasteiger partial charge < -0.3 is 4.57 Å². The second-order valence-corrected chi connectivity index (χ2v) is 8.06. The van der Waals surface area contributed by atoms with Crippen molar-refractivity contribution < 1.29 is 0 Å². The highest BCUT2D eigenvalue weighted by Gasteiger charge is 2.11. The van der Waals surface area contributed by atoms with E-state index in [0.717, 1.165) is 30.2 Å². The Labute approximate surface area is 159 Å². The van der Waals surface area contributed by atoms with E-state index in [9.17, 15) is 0 Å². The Morgan fingerprint density at radius 3 is 2.44 bits per heavy atom. The van der Waals surface area contributed by atoms with Crippen molar-refractivity contribution in [3.05, 3.63) is 89.0 Å². The fourth-order valence-corrected chi connectivity index (χ4v) is 4.07. The molecule has 130 valence electrons. The Morgan fingerprint density at radius 2 is 1.76 bits per heavy atom. The highest BCUT2D eigenvalue weighted by molar-refractivity contribution is 7.99. The van der Waals surface area contributed by atoms with Crippen LogP contribution < -0.4 is 0 Å². The maximum atomic E-state index is 6.02. The molecule has 1 atom stereocenters. The molecule has 1 unspecified atom stereocenters. The number of benzene rings is 2. The lowest BCUT2D eigenvalue weighted by atomic mass is 10.1. The van der Waals surface area contributed by atoms with Crippen molar-refractivity contribution in [1.82, 2.24) is 9.55 Å². The van der Waals surface area contributed by atoms with Crippen LogP contribution in [0.5, 0.6) is 0 Å². The van der Waals surface area contributed by atoms with E-state index in [1.807, 2.05) is 42.6 Å². The molecule has 25 heavy (non-hydrogen) atoms. The van der Waals surface area contributed by atoms with Crippen molar-refractivity contribution >= 4 is 23.4 Å². The predicted molar refractivity (Wildman–Crippen MR) is 108 cm³/mol. The van der Waals surface area contributed by atoms with Crippen molar-refractivity contribution in [3.8, 4) is 0 Å². The quantitative estimate of drug-likeness (QED) is 0.500. The average Bonchev–Trinajstić information content (AvgIpc) is 3.14. The van der Waals surface area contributed by atoms with E-state index in [1.54, 1.807) is 0 Å². The van der Waals surface area contributed by atoms with E-state index in [-0.39, 0.29) is 0 Å². The largest absolute Gasteiger partial charge is 0.337 e. The van der Waals surface area contributed by atoms with Crippen molar-refractivity contribution in [2.24, 2.45) is 0 Å². The van der Waals surface area contributed by atoms with Gasteiger partial charge in [0, 0.05) is 35.0 Å². The van der Waals surface area contributed by atoms with Gasteiger partial charge in [0.15, 0.2) is 0 Å². The first-order valence-electron chi connectivity index (χ1n) is 8.56. The van der Waals surface area contributed by atoms with Gasteiger partial charge in [-0.15, -0.1) is 0 Å². The molecule has 0 aliphatic carbocycles. The number of nitrogens with zero attached hydrogens (tertiary/aromatic N) is 2. The smallest absolute Gasteiger partial charge is 0.0945 e. The second kappa shape index (κ2) is 9.12. The molecule has 2 aromatic carbocycles. The minimum absolute atomic E-state index is 0.560. The molecule has 1 aromatic heterocycles. The first-order valence-corrected chi connectivity index (χ1v) is 9.99. The van der Waals surface area contributed by atoms with Gasteiger partial charge in [-0.3, -0.25) is 0 Å². The topological polar surface area (TPSA) is 17.8 Å². The van der Waals surface area contributed by atoms with Gasteiger partial charge in [-0.25, -0.2) is 4.98 Å². The normalized spacial score (nSPS) is 12.2. The molecule has 0 saturated heterocycles. The Bertz CT molecular complexity index is 752. The number of hydrogen-bond donors (Lipinski definition) is 0. The lowest BCUT2D eigenvalue weighted by Gasteiger charge is -2.17. The summed E-state index contributed by atoms with van der Waals surface area (Å²) in [5, 5.41) is 1.36. The molecule has 4 heteroatoms. The molecule has 0 amide bonds. The maximum Gasteiger partial charge on any atom is 0.0945 e. The molecule has 0 fully saturated rings. The number of halogens is 1. The van der Waals surface area contributed by atoms with Gasteiger partial charge in [0.25, 0.3) is 0 Å². The first-order chi connectivity index (χ1) is 12.2. The lowest BCUT2D eigenvalue weighted by Crippen LogP contribution is -2.11. The first kappa shape index (κ1) is 18.1. The summed E-state index contributed by atoms with van der Waals surface area (Å²) >= 11 is 8.05. The Hall–Kier alpha value is -1.71. The van der Waals surface area contributed by atoms with E-state index >= 15 is 0 Å². The third-order valence-electron chi connectivity index (χ3n) is 4.25. The van der Waals surface area contributed by atoms with Crippen LogP contribution in [0.3, 0.4) is 0 Å². The number of hydrogen-bond acceptors (Lipinski definition) is 2. The third kappa shape index (κ3) is 5.94. The predicted octanol–water partition coefficient (Wildman–Crippen LogP) is 5.78. The molecule has 0 saturated carbocycles. The van der Waals surface area contributed by atoms with Crippen LogP contribution in [0.1, 0.15) is 23.1 Å². The van der Waals surface area contributed by atoms with Crippen LogP contribution in [0.25, 0.3) is 0 Å². The van der Waals surface area contributed by atoms with E-state index in [0.29, 0.717) is 5.25 Å². The molecule has 3 aromatic rings. The SMILES string of the molecule is Cc1ccc(CSC(CCn2ccnc2)Cc2ccc(Cl)cc2)cc1. The summed E-state index contributed by atoms with van der Waals surface area (Å²) in [6, 6.07) is 17.1. The molecule has 3 rings (SSSR count). The monoisotopic (exact) mass is 370 g/mol. The fourth-order valence-electron chi connectivity index (χ4n) is 2.74. The van der Waals surface area contributed by atoms with Gasteiger partial charge >= 0.3 is 0 Å². The van der Waals surface area contributed by atoms with Gasteiger partial charge in [0.05, 0.1) is 6.33 Å². The van der Waals surface area contributed by atoms with Crippen molar-refractivity contribution in [2.45, 2.75) is 37.3 Å². The summed E-state index contributed by atoms with van der Waals surface area (Å²) < 4.78 is 2.15. The van der Waals surface area contributed by atoms with Crippen LogP contribution >= 0.6 is 23.4 Å². The van der Waals surface area contributed by atoms with Crippen LogP contribution in [0, 0.1) is 6.92 Å². The Kier molecular flexibility index (Phi) is 6.60. The highest BCUT2D eigenvalue weighted by Crippen LogP contribution is 2.25. The van der Waals surface area contributed by atoms with Crippen molar-refractivity contribution in [3.63, 3.8) is 0 Å². The van der Waals surface area contributed by atoms with Crippen molar-refractivity contribution in [2.75, 3.05) is 0 Å². The lowest BCUT2D eigenvalue weighted by molar-refractivity contribution is 0.619. The highest BCUT2D eigenvalue weighted by atomic mass is 35.5. The van der Waals surface area contributed by atoms with Crippen LogP contribution in [0.15, 0.2) is 67.3 Å². The molecular formula is C21H23ClN2S. The third-order valence-corrected chi connectivity index (χ3v) is 5.88. The summed E-state index contributed by atoms with van der Waals surface area (Å²) in [6.45, 7) is 3.13. The minimum atomic E-state index is 0.560. The molecule has 0 N–H and O–H groups in total. The average molecular weight is 371 g/mol. The Balaban J connectivity index is 1.62. The van der Waals surface area contributed by atoms with Crippen LogP contribution in [0.4, 0.5) is 0 Å². The summed E-state index contributed by atoms with van der Waals surface area (Å²) in [6.07, 6.45) is 7.94. The molecule has 2 nitrogen and oxygen atoms in total. The van der Waals surface area contributed by atoms with Gasteiger partial charge in [-0.1, -0.05) is 53.6 Å². The van der Waals surface area contributed by atoms with Crippen LogP contribution in [-0.4, -0.2) is 14.8 Å². The standard InChI is InChI=1S/C21H23ClN2S/c1-17-2-4-19(5-3-17)15-25-21(10-12-24-13-11-23-16-24)14-18-6-8-20(22)9-7-18/h2-9,11,13,16,21H,10,12,14-15H2,1H3. The fraction of sp³-hybridized carbons (Fsp3) is 0.286. The summed E-state index contributed by atoms with van der Waals surface area (Å²) in [5.74, 6) is 1.04. The molecule has 0 aliphatic rings. The zero-order chi connectivity index (χ0) is 17.5. The number of imidazole rings is 1. The Morgan fingerprint density at radius 1 is 1.04 bits per heavy atom. The maximum absolute atomic E-state index is 6.02. The van der Waals surface area contributed by atoms with E-state index in [1.165, 1.54) is 16.7 Å².